The van der Waals surface area contributed by atoms with E-state index in [0.717, 1.165) is 0 Å². The molecule has 1 atom stereocenters. The standard InChI is InChI=1S/C10H21N5.ClH/c1-7(8-5-3-2-4-6-8)14-10(13)15-9(11)12;/h7-8H,2-6H2,1H3,(H6,11,12,13,14,15);1H/t7-;/m1./s1. The molecule has 1 fully saturated rings. The van der Waals surface area contributed by atoms with Crippen LogP contribution in [0.2, 0.25) is 0 Å². The van der Waals surface area contributed by atoms with E-state index in [2.05, 4.69) is 17.6 Å². The van der Waals surface area contributed by atoms with Crippen LogP contribution in [-0.2, 0) is 0 Å². The fraction of sp³-hybridized carbons (Fsp3) is 0.800. The van der Waals surface area contributed by atoms with Gasteiger partial charge in [0.05, 0.1) is 0 Å². The van der Waals surface area contributed by atoms with E-state index >= 15 is 0 Å². The zero-order valence-electron chi connectivity index (χ0n) is 9.68. The van der Waals surface area contributed by atoms with E-state index in [1.165, 1.54) is 32.1 Å². The van der Waals surface area contributed by atoms with Gasteiger partial charge in [0.25, 0.3) is 0 Å². The van der Waals surface area contributed by atoms with Crippen LogP contribution in [0.15, 0.2) is 0 Å². The van der Waals surface area contributed by atoms with Gasteiger partial charge in [0.2, 0.25) is 0 Å². The second-order valence-corrected chi connectivity index (χ2v) is 4.24. The van der Waals surface area contributed by atoms with Gasteiger partial charge in [0.15, 0.2) is 11.9 Å². The Hall–Kier alpha value is -0.970. The van der Waals surface area contributed by atoms with Gasteiger partial charge >= 0.3 is 0 Å². The maximum atomic E-state index is 7.53. The third kappa shape index (κ3) is 5.21. The van der Waals surface area contributed by atoms with Crippen molar-refractivity contribution in [1.82, 2.24) is 10.6 Å². The van der Waals surface area contributed by atoms with E-state index in [4.69, 9.17) is 16.6 Å². The van der Waals surface area contributed by atoms with Crippen LogP contribution in [0.3, 0.4) is 0 Å². The molecule has 0 radical (unpaired) electrons. The predicted molar refractivity (Wildman–Crippen MR) is 69.2 cm³/mol. The molecule has 0 aromatic rings. The Bertz CT molecular complexity index is 237. The second kappa shape index (κ2) is 7.33. The lowest BCUT2D eigenvalue weighted by atomic mass is 9.85. The van der Waals surface area contributed by atoms with Gasteiger partial charge in [-0.05, 0) is 25.7 Å². The van der Waals surface area contributed by atoms with Crippen molar-refractivity contribution in [3.8, 4) is 0 Å². The van der Waals surface area contributed by atoms with Gasteiger partial charge < -0.3 is 11.1 Å². The molecule has 0 aromatic heterocycles. The molecule has 0 bridgehead atoms. The normalized spacial score (nSPS) is 18.1. The van der Waals surface area contributed by atoms with Crippen LogP contribution in [0.5, 0.6) is 0 Å². The van der Waals surface area contributed by atoms with Gasteiger partial charge in [-0.2, -0.15) is 0 Å². The van der Waals surface area contributed by atoms with E-state index in [-0.39, 0.29) is 30.4 Å². The van der Waals surface area contributed by atoms with Crippen LogP contribution in [-0.4, -0.2) is 18.0 Å². The van der Waals surface area contributed by atoms with E-state index in [1.54, 1.807) is 0 Å². The third-order valence-corrected chi connectivity index (χ3v) is 2.99. The van der Waals surface area contributed by atoms with Crippen molar-refractivity contribution < 1.29 is 0 Å². The predicted octanol–water partition coefficient (Wildman–Crippen LogP) is 1.38. The van der Waals surface area contributed by atoms with E-state index < -0.39 is 0 Å². The molecule has 0 unspecified atom stereocenters. The summed E-state index contributed by atoms with van der Waals surface area (Å²) in [6, 6.07) is 0.282. The first-order valence-corrected chi connectivity index (χ1v) is 5.55. The lowest BCUT2D eigenvalue weighted by molar-refractivity contribution is 0.300. The SMILES string of the molecule is C[C@@H](NC(=N)NC(=N)N)C1CCCCC1.Cl. The number of nitrogens with one attached hydrogen (secondary N) is 4. The highest BCUT2D eigenvalue weighted by Crippen LogP contribution is 2.26. The van der Waals surface area contributed by atoms with Crippen LogP contribution in [0.1, 0.15) is 39.0 Å². The molecular formula is C10H22ClN5. The molecule has 0 aromatic carbocycles. The lowest BCUT2D eigenvalue weighted by Gasteiger charge is -2.28. The Kier molecular flexibility index (Phi) is 6.88. The Morgan fingerprint density at radius 3 is 2.31 bits per heavy atom. The van der Waals surface area contributed by atoms with Gasteiger partial charge in [0, 0.05) is 6.04 Å². The molecule has 16 heavy (non-hydrogen) atoms. The molecule has 0 heterocycles. The molecule has 1 aliphatic rings. The molecule has 0 aliphatic heterocycles. The van der Waals surface area contributed by atoms with Crippen molar-refractivity contribution in [3.05, 3.63) is 0 Å². The molecule has 1 aliphatic carbocycles. The maximum absolute atomic E-state index is 7.53. The molecule has 6 N–H and O–H groups in total. The molecule has 0 saturated heterocycles. The van der Waals surface area contributed by atoms with E-state index in [0.29, 0.717) is 5.92 Å². The minimum atomic E-state index is -0.191. The molecular weight excluding hydrogens is 226 g/mol. The van der Waals surface area contributed by atoms with Gasteiger partial charge in [-0.25, -0.2) is 0 Å². The van der Waals surface area contributed by atoms with Crippen LogP contribution in [0.4, 0.5) is 0 Å². The average Bonchev–Trinajstić information content (AvgIpc) is 2.17. The number of guanidine groups is 2. The summed E-state index contributed by atoms with van der Waals surface area (Å²) in [5.74, 6) is 0.580. The zero-order chi connectivity index (χ0) is 11.3. The van der Waals surface area contributed by atoms with Crippen molar-refractivity contribution in [2.24, 2.45) is 11.7 Å². The first-order chi connectivity index (χ1) is 7.09. The van der Waals surface area contributed by atoms with Crippen molar-refractivity contribution in [3.63, 3.8) is 0 Å². The van der Waals surface area contributed by atoms with Crippen molar-refractivity contribution in [2.75, 3.05) is 0 Å². The fourth-order valence-electron chi connectivity index (χ4n) is 2.15. The Morgan fingerprint density at radius 1 is 1.25 bits per heavy atom. The minimum absolute atomic E-state index is 0. The summed E-state index contributed by atoms with van der Waals surface area (Å²) in [4.78, 5) is 0. The highest BCUT2D eigenvalue weighted by atomic mass is 35.5. The molecule has 5 nitrogen and oxygen atoms in total. The van der Waals surface area contributed by atoms with Gasteiger partial charge in [-0.1, -0.05) is 19.3 Å². The maximum Gasteiger partial charge on any atom is 0.195 e. The monoisotopic (exact) mass is 247 g/mol. The van der Waals surface area contributed by atoms with Gasteiger partial charge in [-0.15, -0.1) is 12.4 Å². The summed E-state index contributed by atoms with van der Waals surface area (Å²) < 4.78 is 0. The van der Waals surface area contributed by atoms with E-state index in [9.17, 15) is 0 Å². The second-order valence-electron chi connectivity index (χ2n) is 4.24. The van der Waals surface area contributed by atoms with Crippen LogP contribution < -0.4 is 16.4 Å². The summed E-state index contributed by atoms with van der Waals surface area (Å²) in [7, 11) is 0. The quantitative estimate of drug-likeness (QED) is 0.377. The van der Waals surface area contributed by atoms with E-state index in [1.807, 2.05) is 0 Å². The number of rotatable bonds is 2. The molecule has 1 rings (SSSR count). The Labute approximate surface area is 103 Å². The summed E-state index contributed by atoms with van der Waals surface area (Å²) in [5, 5.41) is 20.0. The topological polar surface area (TPSA) is 97.8 Å². The van der Waals surface area contributed by atoms with Crippen molar-refractivity contribution in [2.45, 2.75) is 45.1 Å². The van der Waals surface area contributed by atoms with Crippen LogP contribution in [0.25, 0.3) is 0 Å². The van der Waals surface area contributed by atoms with Gasteiger partial charge in [0.1, 0.15) is 0 Å². The van der Waals surface area contributed by atoms with Gasteiger partial charge in [-0.3, -0.25) is 16.1 Å². The van der Waals surface area contributed by atoms with Crippen molar-refractivity contribution >= 4 is 24.3 Å². The van der Waals surface area contributed by atoms with Crippen LogP contribution >= 0.6 is 12.4 Å². The zero-order valence-corrected chi connectivity index (χ0v) is 10.5. The van der Waals surface area contributed by atoms with Crippen molar-refractivity contribution in [1.29, 1.82) is 10.8 Å². The number of halogens is 1. The number of hydrogen-bond donors (Lipinski definition) is 5. The van der Waals surface area contributed by atoms with Crippen LogP contribution in [0, 0.1) is 16.7 Å². The third-order valence-electron chi connectivity index (χ3n) is 2.99. The first kappa shape index (κ1) is 15.0. The molecule has 1 saturated carbocycles. The minimum Gasteiger partial charge on any atom is -0.370 e. The fourth-order valence-corrected chi connectivity index (χ4v) is 2.15. The summed E-state index contributed by atoms with van der Waals surface area (Å²) in [6.07, 6.45) is 6.41. The summed E-state index contributed by atoms with van der Waals surface area (Å²) in [6.45, 7) is 2.09. The molecule has 6 heteroatoms. The highest BCUT2D eigenvalue weighted by Gasteiger charge is 2.20. The largest absolute Gasteiger partial charge is 0.370 e. The summed E-state index contributed by atoms with van der Waals surface area (Å²) >= 11 is 0. The molecule has 0 amide bonds. The number of hydrogen-bond acceptors (Lipinski definition) is 2. The molecule has 94 valence electrons. The molecule has 0 spiro atoms. The lowest BCUT2D eigenvalue weighted by Crippen LogP contribution is -2.48. The Balaban J connectivity index is 0.00000225. The first-order valence-electron chi connectivity index (χ1n) is 5.55. The number of nitrogens with two attached hydrogens (primary N) is 1. The average molecular weight is 248 g/mol. The highest BCUT2D eigenvalue weighted by molar-refractivity contribution is 5.94. The smallest absolute Gasteiger partial charge is 0.195 e. The summed E-state index contributed by atoms with van der Waals surface area (Å²) in [5.41, 5.74) is 5.14. The Morgan fingerprint density at radius 2 is 1.81 bits per heavy atom.